The Morgan fingerprint density at radius 3 is 2.62 bits per heavy atom. The van der Waals surface area contributed by atoms with Crippen LogP contribution in [0.1, 0.15) is 57.9 Å². The lowest BCUT2D eigenvalue weighted by atomic mass is 9.84. The molecule has 2 heteroatoms. The van der Waals surface area contributed by atoms with Crippen molar-refractivity contribution in [3.63, 3.8) is 0 Å². The van der Waals surface area contributed by atoms with Crippen LogP contribution in [0.5, 0.6) is 5.75 Å². The van der Waals surface area contributed by atoms with E-state index in [1.807, 2.05) is 0 Å². The largest absolute Gasteiger partial charge is 0.492 e. The molecule has 2 nitrogen and oxygen atoms in total. The molecule has 21 heavy (non-hydrogen) atoms. The molecular weight excluding hydrogens is 258 g/mol. The molecule has 118 valence electrons. The normalized spacial score (nSPS) is 17.6. The van der Waals surface area contributed by atoms with E-state index in [-0.39, 0.29) is 0 Å². The van der Waals surface area contributed by atoms with E-state index in [9.17, 15) is 0 Å². The fraction of sp³-hybridized carbons (Fsp3) is 0.684. The van der Waals surface area contributed by atoms with Crippen LogP contribution in [-0.4, -0.2) is 19.2 Å². The summed E-state index contributed by atoms with van der Waals surface area (Å²) in [7, 11) is 0. The highest BCUT2D eigenvalue weighted by molar-refractivity contribution is 5.33. The van der Waals surface area contributed by atoms with Crippen molar-refractivity contribution in [3.05, 3.63) is 29.8 Å². The van der Waals surface area contributed by atoms with E-state index in [0.717, 1.165) is 31.2 Å². The van der Waals surface area contributed by atoms with Gasteiger partial charge >= 0.3 is 0 Å². The van der Waals surface area contributed by atoms with Gasteiger partial charge in [0.2, 0.25) is 0 Å². The zero-order valence-corrected chi connectivity index (χ0v) is 13.7. The Balaban J connectivity index is 1.94. The molecule has 0 spiro atoms. The number of benzene rings is 1. The van der Waals surface area contributed by atoms with E-state index in [0.29, 0.717) is 6.04 Å². The molecule has 1 aliphatic rings. The molecule has 0 bridgehead atoms. The maximum atomic E-state index is 6.18. The van der Waals surface area contributed by atoms with Gasteiger partial charge in [-0.3, -0.25) is 0 Å². The van der Waals surface area contributed by atoms with Crippen LogP contribution in [0.2, 0.25) is 0 Å². The lowest BCUT2D eigenvalue weighted by Gasteiger charge is -2.31. The molecule has 1 N–H and O–H groups in total. The third-order valence-corrected chi connectivity index (χ3v) is 4.65. The second-order valence-electron chi connectivity index (χ2n) is 6.23. The minimum Gasteiger partial charge on any atom is -0.492 e. The topological polar surface area (TPSA) is 21.3 Å². The zero-order valence-electron chi connectivity index (χ0n) is 13.7. The van der Waals surface area contributed by atoms with Crippen LogP contribution in [0.15, 0.2) is 24.3 Å². The third kappa shape index (κ3) is 5.03. The van der Waals surface area contributed by atoms with Gasteiger partial charge in [0, 0.05) is 6.04 Å². The SMILES string of the molecule is CCCNC(COc1ccccc1CC)C1CCCCC1. The van der Waals surface area contributed by atoms with Gasteiger partial charge in [-0.2, -0.15) is 0 Å². The van der Waals surface area contributed by atoms with Gasteiger partial charge in [0.05, 0.1) is 0 Å². The first-order valence-electron chi connectivity index (χ1n) is 8.79. The molecule has 0 saturated heterocycles. The quantitative estimate of drug-likeness (QED) is 0.756. The smallest absolute Gasteiger partial charge is 0.122 e. The predicted octanol–water partition coefficient (Wildman–Crippen LogP) is 4.58. The predicted molar refractivity (Wildman–Crippen MR) is 90.0 cm³/mol. The number of hydrogen-bond acceptors (Lipinski definition) is 2. The molecule has 1 aromatic rings. The molecule has 0 radical (unpaired) electrons. The number of ether oxygens (including phenoxy) is 1. The van der Waals surface area contributed by atoms with E-state index in [2.05, 4.69) is 43.4 Å². The van der Waals surface area contributed by atoms with Crippen molar-refractivity contribution < 1.29 is 4.74 Å². The first-order valence-corrected chi connectivity index (χ1v) is 8.79. The summed E-state index contributed by atoms with van der Waals surface area (Å²) in [5, 5.41) is 3.72. The highest BCUT2D eigenvalue weighted by atomic mass is 16.5. The third-order valence-electron chi connectivity index (χ3n) is 4.65. The average molecular weight is 289 g/mol. The Kier molecular flexibility index (Phi) is 7.08. The van der Waals surface area contributed by atoms with Crippen LogP contribution in [0.4, 0.5) is 0 Å². The van der Waals surface area contributed by atoms with Crippen LogP contribution in [0.3, 0.4) is 0 Å². The summed E-state index contributed by atoms with van der Waals surface area (Å²) in [6.07, 6.45) is 9.14. The number of nitrogens with one attached hydrogen (secondary N) is 1. The first-order chi connectivity index (χ1) is 10.3. The number of para-hydroxylation sites is 1. The van der Waals surface area contributed by atoms with Gasteiger partial charge in [-0.25, -0.2) is 0 Å². The van der Waals surface area contributed by atoms with E-state index in [1.165, 1.54) is 44.1 Å². The minimum atomic E-state index is 0.509. The zero-order chi connectivity index (χ0) is 14.9. The lowest BCUT2D eigenvalue weighted by molar-refractivity contribution is 0.185. The van der Waals surface area contributed by atoms with Gasteiger partial charge in [-0.05, 0) is 49.8 Å². The maximum Gasteiger partial charge on any atom is 0.122 e. The minimum absolute atomic E-state index is 0.509. The molecule has 1 saturated carbocycles. The second-order valence-corrected chi connectivity index (χ2v) is 6.23. The van der Waals surface area contributed by atoms with E-state index < -0.39 is 0 Å². The van der Waals surface area contributed by atoms with E-state index in [4.69, 9.17) is 4.74 Å². The molecule has 1 aromatic carbocycles. The summed E-state index contributed by atoms with van der Waals surface area (Å²) in [5.41, 5.74) is 1.32. The summed E-state index contributed by atoms with van der Waals surface area (Å²) < 4.78 is 6.18. The van der Waals surface area contributed by atoms with Crippen LogP contribution >= 0.6 is 0 Å². The molecule has 1 atom stereocenters. The maximum absolute atomic E-state index is 6.18. The molecule has 1 unspecified atom stereocenters. The Morgan fingerprint density at radius 2 is 1.90 bits per heavy atom. The Labute approximate surface area is 130 Å². The monoisotopic (exact) mass is 289 g/mol. The lowest BCUT2D eigenvalue weighted by Crippen LogP contribution is -2.42. The van der Waals surface area contributed by atoms with Gasteiger partial charge in [-0.1, -0.05) is 51.3 Å². The standard InChI is InChI=1S/C19H31NO/c1-3-14-20-18(17-11-6-5-7-12-17)15-21-19-13-9-8-10-16(19)4-2/h8-10,13,17-18,20H,3-7,11-12,14-15H2,1-2H3. The van der Waals surface area contributed by atoms with Gasteiger partial charge in [-0.15, -0.1) is 0 Å². The Morgan fingerprint density at radius 1 is 1.14 bits per heavy atom. The summed E-state index contributed by atoms with van der Waals surface area (Å²) in [5.74, 6) is 1.86. The van der Waals surface area contributed by atoms with Gasteiger partial charge in [0.1, 0.15) is 12.4 Å². The molecule has 2 rings (SSSR count). The fourth-order valence-electron chi connectivity index (χ4n) is 3.34. The van der Waals surface area contributed by atoms with E-state index in [1.54, 1.807) is 0 Å². The molecule has 1 aliphatic carbocycles. The highest BCUT2D eigenvalue weighted by Gasteiger charge is 2.23. The summed E-state index contributed by atoms with van der Waals surface area (Å²) in [4.78, 5) is 0. The van der Waals surface area contributed by atoms with Crippen molar-refractivity contribution in [2.24, 2.45) is 5.92 Å². The Bertz CT molecular complexity index is 398. The fourth-order valence-corrected chi connectivity index (χ4v) is 3.34. The molecule has 0 aromatic heterocycles. The summed E-state index contributed by atoms with van der Waals surface area (Å²) in [6, 6.07) is 8.96. The summed E-state index contributed by atoms with van der Waals surface area (Å²) in [6.45, 7) is 6.33. The van der Waals surface area contributed by atoms with Gasteiger partial charge in [0.25, 0.3) is 0 Å². The van der Waals surface area contributed by atoms with Crippen molar-refractivity contribution >= 4 is 0 Å². The average Bonchev–Trinajstić information content (AvgIpc) is 2.56. The number of rotatable bonds is 8. The van der Waals surface area contributed by atoms with Crippen LogP contribution in [0, 0.1) is 5.92 Å². The highest BCUT2D eigenvalue weighted by Crippen LogP contribution is 2.27. The van der Waals surface area contributed by atoms with Gasteiger partial charge < -0.3 is 10.1 Å². The molecular formula is C19H31NO. The van der Waals surface area contributed by atoms with Crippen molar-refractivity contribution in [1.29, 1.82) is 0 Å². The number of aryl methyl sites for hydroxylation is 1. The second kappa shape index (κ2) is 9.09. The first kappa shape index (κ1) is 16.4. The van der Waals surface area contributed by atoms with Crippen LogP contribution in [-0.2, 0) is 6.42 Å². The molecule has 1 fully saturated rings. The number of hydrogen-bond donors (Lipinski definition) is 1. The molecule has 0 amide bonds. The van der Waals surface area contributed by atoms with Crippen LogP contribution < -0.4 is 10.1 Å². The van der Waals surface area contributed by atoms with Crippen LogP contribution in [0.25, 0.3) is 0 Å². The van der Waals surface area contributed by atoms with Crippen molar-refractivity contribution in [2.75, 3.05) is 13.2 Å². The molecule has 0 heterocycles. The van der Waals surface area contributed by atoms with Crippen molar-refractivity contribution in [3.8, 4) is 5.75 Å². The summed E-state index contributed by atoms with van der Waals surface area (Å²) >= 11 is 0. The van der Waals surface area contributed by atoms with Crippen molar-refractivity contribution in [1.82, 2.24) is 5.32 Å². The van der Waals surface area contributed by atoms with E-state index >= 15 is 0 Å². The van der Waals surface area contributed by atoms with Gasteiger partial charge in [0.15, 0.2) is 0 Å². The Hall–Kier alpha value is -1.02. The molecule has 0 aliphatic heterocycles. The van der Waals surface area contributed by atoms with Crippen molar-refractivity contribution in [2.45, 2.75) is 64.8 Å².